The molecule has 0 aliphatic rings. The van der Waals surface area contributed by atoms with Crippen molar-refractivity contribution in [3.05, 3.63) is 0 Å². The van der Waals surface area contributed by atoms with Crippen LogP contribution in [0.4, 0.5) is 0 Å². The molecule has 0 heterocycles. The van der Waals surface area contributed by atoms with Gasteiger partial charge in [0.25, 0.3) is 0 Å². The Labute approximate surface area is 61.9 Å². The fourth-order valence-corrected chi connectivity index (χ4v) is 0. The van der Waals surface area contributed by atoms with Gasteiger partial charge >= 0.3 is 0 Å². The van der Waals surface area contributed by atoms with Crippen LogP contribution in [-0.2, 0) is 33.9 Å². The summed E-state index contributed by atoms with van der Waals surface area (Å²) in [7, 11) is 0. The number of rotatable bonds is 0. The van der Waals surface area contributed by atoms with Crippen LogP contribution in [0.5, 0.6) is 0 Å². The van der Waals surface area contributed by atoms with E-state index in [1.807, 2.05) is 0 Å². The van der Waals surface area contributed by atoms with Crippen molar-refractivity contribution >= 4 is 28.3 Å². The molecule has 4 heavy (non-hydrogen) atoms. The Bertz CT molecular complexity index is 8.00. The second kappa shape index (κ2) is 21.6. The molecule has 0 aliphatic heterocycles. The van der Waals surface area contributed by atoms with Crippen molar-refractivity contribution in [2.24, 2.45) is 0 Å². The fraction of sp³-hybridized carbons (Fsp3) is 0. The third-order valence-electron chi connectivity index (χ3n) is 0. The van der Waals surface area contributed by atoms with Gasteiger partial charge in [0.15, 0.2) is 17.4 Å². The molecule has 0 aromatic carbocycles. The van der Waals surface area contributed by atoms with Crippen molar-refractivity contribution in [1.29, 1.82) is 0 Å². The summed E-state index contributed by atoms with van der Waals surface area (Å²) in [5, 5.41) is 0. The van der Waals surface area contributed by atoms with Crippen molar-refractivity contribution in [1.82, 2.24) is 0 Å². The average molecular weight is 173 g/mol. The minimum Gasteiger partial charge on any atom is -0.0149 e. The molecule has 0 amide bonds. The summed E-state index contributed by atoms with van der Waals surface area (Å²) in [5.41, 5.74) is 0. The number of hydrogen-bond donors (Lipinski definition) is 0. The summed E-state index contributed by atoms with van der Waals surface area (Å²) in [6.45, 7) is 0. The first-order valence-electron chi connectivity index (χ1n) is 0. The number of hydrogen-bond acceptors (Lipinski definition) is 0. The smallest absolute Gasteiger partial charge is 0.0149 e. The monoisotopic (exact) mass is 172 g/mol. The molecule has 0 spiro atoms. The molecule has 0 rings (SSSR count). The second-order valence-corrected chi connectivity index (χ2v) is 0. The maximum atomic E-state index is 0. The Morgan fingerprint density at radius 2 is 1.00 bits per heavy atom. The molecule has 0 aromatic heterocycles. The van der Waals surface area contributed by atoms with Gasteiger partial charge in [-0.15, -0.1) is 0 Å². The molecular weight excluding hydrogens is 166 g/mol. The van der Waals surface area contributed by atoms with Gasteiger partial charge in [0, 0.05) is 33.9 Å². The van der Waals surface area contributed by atoms with Crippen LogP contribution in [0, 0.1) is 0 Å². The van der Waals surface area contributed by atoms with E-state index in [0.29, 0.717) is 0 Å². The van der Waals surface area contributed by atoms with Gasteiger partial charge in [-0.2, -0.15) is 0 Å². The molecule has 0 nitrogen and oxygen atoms in total. The van der Waals surface area contributed by atoms with E-state index < -0.39 is 0 Å². The Morgan fingerprint density at radius 3 is 1.00 bits per heavy atom. The van der Waals surface area contributed by atoms with Gasteiger partial charge in [-0.3, -0.25) is 0 Å². The third kappa shape index (κ3) is 9.23. The zero-order chi connectivity index (χ0) is 0. The molecule has 30 valence electrons. The summed E-state index contributed by atoms with van der Waals surface area (Å²) in [4.78, 5) is 0. The van der Waals surface area contributed by atoms with Crippen molar-refractivity contribution in [3.63, 3.8) is 0 Å². The molecule has 0 aliphatic carbocycles. The van der Waals surface area contributed by atoms with Crippen LogP contribution in [0.2, 0.25) is 0 Å². The maximum absolute atomic E-state index is 0. The second-order valence-electron chi connectivity index (χ2n) is 0. The Kier molecular flexibility index (Phi) is 226. The molecule has 0 saturated heterocycles. The molecule has 4 heteroatoms. The van der Waals surface area contributed by atoms with Crippen LogP contribution in [0.1, 0.15) is 0 Å². The van der Waals surface area contributed by atoms with Gasteiger partial charge in [0.1, 0.15) is 0 Å². The first-order chi connectivity index (χ1) is 0. The Hall–Kier alpha value is 1.78. The maximum Gasteiger partial charge on any atom is 0.187 e. The van der Waals surface area contributed by atoms with Crippen molar-refractivity contribution < 1.29 is 33.9 Å². The zero-order valence-corrected chi connectivity index (χ0v) is 2.99. The summed E-state index contributed by atoms with van der Waals surface area (Å²) < 4.78 is 0. The van der Waals surface area contributed by atoms with E-state index in [0.717, 1.165) is 0 Å². The normalized spacial score (nSPS) is 0. The average Bonchev–Trinajstić information content (AvgIpc) is 0. The zero-order valence-electron chi connectivity index (χ0n) is 0.724. The van der Waals surface area contributed by atoms with Gasteiger partial charge < -0.3 is 0 Å². The van der Waals surface area contributed by atoms with E-state index in [2.05, 4.69) is 0 Å². The van der Waals surface area contributed by atoms with Crippen molar-refractivity contribution in [3.8, 4) is 0 Å². The van der Waals surface area contributed by atoms with E-state index in [4.69, 9.17) is 0 Å². The minimum absolute atomic E-state index is 0. The standard InChI is InChI=1S/Al.Cr.Ni.H4Si.3H/h;;;1H4;;;. The molecule has 0 atom stereocenters. The minimum atomic E-state index is 0. The van der Waals surface area contributed by atoms with Gasteiger partial charge in [-0.05, 0) is 11.0 Å². The first kappa shape index (κ1) is 41.8. The molecular formula is H7AlCrNiSi. The fourth-order valence-electron chi connectivity index (χ4n) is 0. The summed E-state index contributed by atoms with van der Waals surface area (Å²) in [6.07, 6.45) is 0. The van der Waals surface area contributed by atoms with Crippen LogP contribution in [0.25, 0.3) is 0 Å². The predicted octanol–water partition coefficient (Wildman–Crippen LogP) is -2.64. The quantitative estimate of drug-likeness (QED) is 0.351. The van der Waals surface area contributed by atoms with Crippen LogP contribution in [-0.4, -0.2) is 28.3 Å². The van der Waals surface area contributed by atoms with E-state index in [1.54, 1.807) is 0 Å². The van der Waals surface area contributed by atoms with E-state index >= 15 is 0 Å². The molecule has 0 aromatic rings. The molecule has 0 radical (unpaired) electrons. The molecule has 0 bridgehead atoms. The molecule has 0 saturated carbocycles. The predicted molar refractivity (Wildman–Crippen MR) is 21.3 cm³/mol. The van der Waals surface area contributed by atoms with Gasteiger partial charge in [-0.25, -0.2) is 0 Å². The van der Waals surface area contributed by atoms with Gasteiger partial charge in [0.2, 0.25) is 0 Å². The van der Waals surface area contributed by atoms with E-state index in [-0.39, 0.29) is 62.2 Å². The van der Waals surface area contributed by atoms with E-state index in [9.17, 15) is 0 Å². The van der Waals surface area contributed by atoms with Crippen LogP contribution < -0.4 is 0 Å². The van der Waals surface area contributed by atoms with Gasteiger partial charge in [-0.1, -0.05) is 0 Å². The molecule has 0 N–H and O–H groups in total. The van der Waals surface area contributed by atoms with E-state index in [1.165, 1.54) is 0 Å². The van der Waals surface area contributed by atoms with Crippen molar-refractivity contribution in [2.75, 3.05) is 0 Å². The van der Waals surface area contributed by atoms with Gasteiger partial charge in [0.05, 0.1) is 0 Å². The molecule has 0 unspecified atom stereocenters. The van der Waals surface area contributed by atoms with Crippen LogP contribution in [0.15, 0.2) is 0 Å². The summed E-state index contributed by atoms with van der Waals surface area (Å²) in [6, 6.07) is 0. The largest absolute Gasteiger partial charge is 0.187 e. The third-order valence-corrected chi connectivity index (χ3v) is 0. The Morgan fingerprint density at radius 1 is 1.00 bits per heavy atom. The Balaban J connectivity index is 0. The summed E-state index contributed by atoms with van der Waals surface area (Å²) >= 11 is 0. The summed E-state index contributed by atoms with van der Waals surface area (Å²) in [5.74, 6) is 0. The first-order valence-corrected chi connectivity index (χ1v) is 0. The molecule has 0 fully saturated rings. The van der Waals surface area contributed by atoms with Crippen molar-refractivity contribution in [2.45, 2.75) is 0 Å². The van der Waals surface area contributed by atoms with Crippen LogP contribution >= 0.6 is 0 Å². The SMILES string of the molecule is [AlH3].[Cr].[Ni].[SiH4]. The topological polar surface area (TPSA) is 0 Å². The van der Waals surface area contributed by atoms with Crippen LogP contribution in [0.3, 0.4) is 0 Å².